The maximum absolute atomic E-state index is 13.8. The van der Waals surface area contributed by atoms with Crippen molar-refractivity contribution in [2.24, 2.45) is 17.8 Å². The van der Waals surface area contributed by atoms with Crippen LogP contribution in [0.25, 0.3) is 0 Å². The number of carboxylic acid groups (broad SMARTS) is 1. The number of hydrogen-bond acceptors (Lipinski definition) is 3. The first-order valence-corrected chi connectivity index (χ1v) is 10.2. The van der Waals surface area contributed by atoms with E-state index in [4.69, 9.17) is 5.11 Å². The van der Waals surface area contributed by atoms with Gasteiger partial charge in [0.1, 0.15) is 5.82 Å². The normalized spacial score (nSPS) is 26.2. The molecule has 5 atom stereocenters. The second-order valence-electron chi connectivity index (χ2n) is 8.07. The van der Waals surface area contributed by atoms with Gasteiger partial charge in [0.05, 0.1) is 12.2 Å². The lowest BCUT2D eigenvalue weighted by molar-refractivity contribution is -0.137. The minimum atomic E-state index is -0.842. The number of carboxylic acids is 1. The molecule has 0 aromatic heterocycles. The van der Waals surface area contributed by atoms with Gasteiger partial charge in [-0.15, -0.1) is 0 Å². The summed E-state index contributed by atoms with van der Waals surface area (Å²) >= 11 is 0. The van der Waals surface area contributed by atoms with E-state index >= 15 is 0 Å². The summed E-state index contributed by atoms with van der Waals surface area (Å²) < 4.78 is 13.8. The number of aliphatic carboxylic acids is 1. The topological polar surface area (TPSA) is 77.8 Å². The van der Waals surface area contributed by atoms with Gasteiger partial charge in [0, 0.05) is 12.0 Å². The third-order valence-electron chi connectivity index (χ3n) is 6.10. The summed E-state index contributed by atoms with van der Waals surface area (Å²) in [5.74, 6) is -0.137. The van der Waals surface area contributed by atoms with Crippen LogP contribution in [0.15, 0.2) is 24.3 Å². The first-order valence-electron chi connectivity index (χ1n) is 10.2. The molecule has 0 bridgehead atoms. The van der Waals surface area contributed by atoms with Crippen LogP contribution in [-0.2, 0) is 4.79 Å². The number of benzene rings is 1. The molecule has 0 aliphatic heterocycles. The van der Waals surface area contributed by atoms with Crippen LogP contribution in [0.5, 0.6) is 0 Å². The minimum Gasteiger partial charge on any atom is -0.481 e. The highest BCUT2D eigenvalue weighted by molar-refractivity contribution is 5.66. The SMILES string of the molecule is C[C@H]1C[C@@H](O)[C@H](CCC(O)c2ccccc2F)[C@H]1CCCCCCC(=O)O. The van der Waals surface area contributed by atoms with Crippen molar-refractivity contribution in [2.75, 3.05) is 0 Å². The molecule has 1 saturated carbocycles. The van der Waals surface area contributed by atoms with E-state index in [0.29, 0.717) is 30.2 Å². The van der Waals surface area contributed by atoms with Gasteiger partial charge < -0.3 is 15.3 Å². The number of carbonyl (C=O) groups is 1. The van der Waals surface area contributed by atoms with Crippen LogP contribution in [0.3, 0.4) is 0 Å². The molecule has 1 aromatic rings. The van der Waals surface area contributed by atoms with Crippen LogP contribution in [0.2, 0.25) is 0 Å². The van der Waals surface area contributed by atoms with Crippen molar-refractivity contribution in [3.8, 4) is 0 Å². The van der Waals surface area contributed by atoms with E-state index in [0.717, 1.165) is 38.5 Å². The number of aliphatic hydroxyl groups excluding tert-OH is 2. The average Bonchev–Trinajstić information content (AvgIpc) is 2.89. The van der Waals surface area contributed by atoms with Crippen molar-refractivity contribution in [3.05, 3.63) is 35.6 Å². The Morgan fingerprint density at radius 1 is 1.15 bits per heavy atom. The van der Waals surface area contributed by atoms with Gasteiger partial charge in [-0.3, -0.25) is 4.79 Å². The zero-order valence-electron chi connectivity index (χ0n) is 16.2. The van der Waals surface area contributed by atoms with E-state index in [2.05, 4.69) is 6.92 Å². The zero-order chi connectivity index (χ0) is 19.8. The molecule has 2 rings (SSSR count). The summed E-state index contributed by atoms with van der Waals surface area (Å²) in [6.07, 6.45) is 5.66. The number of hydrogen-bond donors (Lipinski definition) is 3. The third kappa shape index (κ3) is 6.58. The Balaban J connectivity index is 1.80. The zero-order valence-corrected chi connectivity index (χ0v) is 16.2. The molecule has 5 heteroatoms. The molecule has 4 nitrogen and oxygen atoms in total. The molecule has 0 saturated heterocycles. The summed E-state index contributed by atoms with van der Waals surface area (Å²) in [6.45, 7) is 2.17. The lowest BCUT2D eigenvalue weighted by Gasteiger charge is -2.25. The fourth-order valence-electron chi connectivity index (χ4n) is 4.60. The Morgan fingerprint density at radius 2 is 1.85 bits per heavy atom. The van der Waals surface area contributed by atoms with E-state index in [9.17, 15) is 19.4 Å². The van der Waals surface area contributed by atoms with Crippen molar-refractivity contribution < 1.29 is 24.5 Å². The smallest absolute Gasteiger partial charge is 0.303 e. The average molecular weight is 381 g/mol. The highest BCUT2D eigenvalue weighted by Crippen LogP contribution is 2.43. The highest BCUT2D eigenvalue weighted by Gasteiger charge is 2.39. The molecule has 1 fully saturated rings. The number of unbranched alkanes of at least 4 members (excludes halogenated alkanes) is 3. The number of halogens is 1. The van der Waals surface area contributed by atoms with Gasteiger partial charge in [0.25, 0.3) is 0 Å². The van der Waals surface area contributed by atoms with Crippen molar-refractivity contribution in [1.29, 1.82) is 0 Å². The van der Waals surface area contributed by atoms with Crippen molar-refractivity contribution in [3.63, 3.8) is 0 Å². The fourth-order valence-corrected chi connectivity index (χ4v) is 4.60. The molecule has 1 unspecified atom stereocenters. The van der Waals surface area contributed by atoms with Gasteiger partial charge in [-0.1, -0.05) is 44.4 Å². The van der Waals surface area contributed by atoms with Crippen LogP contribution in [0.4, 0.5) is 4.39 Å². The summed E-state index contributed by atoms with van der Waals surface area (Å²) in [5.41, 5.74) is 0.327. The van der Waals surface area contributed by atoms with E-state index in [1.54, 1.807) is 18.2 Å². The molecule has 1 aliphatic carbocycles. The van der Waals surface area contributed by atoms with Gasteiger partial charge in [0.2, 0.25) is 0 Å². The van der Waals surface area contributed by atoms with Gasteiger partial charge >= 0.3 is 5.97 Å². The van der Waals surface area contributed by atoms with E-state index in [1.807, 2.05) is 0 Å². The summed E-state index contributed by atoms with van der Waals surface area (Å²) in [7, 11) is 0. The van der Waals surface area contributed by atoms with Gasteiger partial charge in [0.15, 0.2) is 0 Å². The summed E-state index contributed by atoms with van der Waals surface area (Å²) in [4.78, 5) is 10.5. The molecular formula is C22H33FO4. The van der Waals surface area contributed by atoms with Crippen LogP contribution in [0.1, 0.15) is 76.4 Å². The Kier molecular flexibility index (Phi) is 8.71. The number of rotatable bonds is 11. The summed E-state index contributed by atoms with van der Waals surface area (Å²) in [5, 5.41) is 29.5. The largest absolute Gasteiger partial charge is 0.481 e. The van der Waals surface area contributed by atoms with E-state index in [-0.39, 0.29) is 24.3 Å². The third-order valence-corrected chi connectivity index (χ3v) is 6.10. The lowest BCUT2D eigenvalue weighted by atomic mass is 9.82. The predicted octanol–water partition coefficient (Wildman–Crippen LogP) is 4.70. The first kappa shape index (κ1) is 21.8. The molecule has 0 radical (unpaired) electrons. The van der Waals surface area contributed by atoms with Crippen molar-refractivity contribution in [2.45, 2.75) is 76.9 Å². The second-order valence-corrected chi connectivity index (χ2v) is 8.07. The predicted molar refractivity (Wildman–Crippen MR) is 103 cm³/mol. The fraction of sp³-hybridized carbons (Fsp3) is 0.682. The van der Waals surface area contributed by atoms with E-state index < -0.39 is 12.1 Å². The Hall–Kier alpha value is -1.46. The molecule has 0 amide bonds. The monoisotopic (exact) mass is 380 g/mol. The standard InChI is InChI=1S/C22H33FO4/c1-15-14-21(25)17(16(15)8-4-2-3-5-11-22(26)27)12-13-20(24)18-9-6-7-10-19(18)23/h6-7,9-10,15-17,20-21,24-25H,2-5,8,11-14H2,1H3,(H,26,27)/t15-,16-,17+,20?,21+/m0/s1. The molecule has 0 spiro atoms. The van der Waals surface area contributed by atoms with Crippen LogP contribution in [-0.4, -0.2) is 27.4 Å². The Bertz CT molecular complexity index is 591. The number of aliphatic hydroxyl groups is 2. The second kappa shape index (κ2) is 10.8. The van der Waals surface area contributed by atoms with Gasteiger partial charge in [-0.2, -0.15) is 0 Å². The minimum absolute atomic E-state index is 0.139. The molecular weight excluding hydrogens is 347 g/mol. The van der Waals surface area contributed by atoms with Crippen LogP contribution in [0, 0.1) is 23.6 Å². The van der Waals surface area contributed by atoms with E-state index in [1.165, 1.54) is 6.07 Å². The van der Waals surface area contributed by atoms with Crippen LogP contribution >= 0.6 is 0 Å². The lowest BCUT2D eigenvalue weighted by Crippen LogP contribution is -2.21. The maximum atomic E-state index is 13.8. The molecule has 152 valence electrons. The first-order chi connectivity index (χ1) is 12.9. The Labute approximate surface area is 161 Å². The van der Waals surface area contributed by atoms with Crippen LogP contribution < -0.4 is 0 Å². The van der Waals surface area contributed by atoms with Gasteiger partial charge in [-0.05, 0) is 55.9 Å². The van der Waals surface area contributed by atoms with Gasteiger partial charge in [-0.25, -0.2) is 4.39 Å². The Morgan fingerprint density at radius 3 is 2.56 bits per heavy atom. The molecule has 3 N–H and O–H groups in total. The quantitative estimate of drug-likeness (QED) is 0.486. The molecule has 27 heavy (non-hydrogen) atoms. The molecule has 1 aromatic carbocycles. The van der Waals surface area contributed by atoms with Crippen molar-refractivity contribution >= 4 is 5.97 Å². The summed E-state index contributed by atoms with van der Waals surface area (Å²) in [6, 6.07) is 6.31. The molecule has 0 heterocycles. The highest BCUT2D eigenvalue weighted by atomic mass is 19.1. The van der Waals surface area contributed by atoms with Crippen molar-refractivity contribution in [1.82, 2.24) is 0 Å². The maximum Gasteiger partial charge on any atom is 0.303 e. The molecule has 1 aliphatic rings.